The van der Waals surface area contributed by atoms with E-state index < -0.39 is 0 Å². The van der Waals surface area contributed by atoms with Crippen LogP contribution < -0.4 is 0 Å². The Morgan fingerprint density at radius 1 is 1.40 bits per heavy atom. The Labute approximate surface area is 88.6 Å². The fourth-order valence-electron chi connectivity index (χ4n) is 1.68. The van der Waals surface area contributed by atoms with Crippen LogP contribution in [-0.2, 0) is 11.2 Å². The van der Waals surface area contributed by atoms with Crippen molar-refractivity contribution in [2.24, 2.45) is 0 Å². The maximum atomic E-state index is 7.60. The lowest BCUT2D eigenvalue weighted by Crippen LogP contribution is -2.05. The maximum Gasteiger partial charge on any atom is 0.184 e. The van der Waals surface area contributed by atoms with Gasteiger partial charge in [-0.2, -0.15) is 0 Å². The summed E-state index contributed by atoms with van der Waals surface area (Å²) in [7, 11) is 0. The lowest BCUT2D eigenvalue weighted by Gasteiger charge is -2.03. The second-order valence-corrected chi connectivity index (χ2v) is 3.39. The van der Waals surface area contributed by atoms with E-state index in [0.717, 1.165) is 11.1 Å². The first-order chi connectivity index (χ1) is 7.31. The third-order valence-electron chi connectivity index (χ3n) is 2.34. The molecular formula is C12H14N2O. The zero-order chi connectivity index (χ0) is 10.7. The highest BCUT2D eigenvalue weighted by molar-refractivity contribution is 5.87. The van der Waals surface area contributed by atoms with Crippen LogP contribution >= 0.6 is 0 Å². The average Bonchev–Trinajstić information content (AvgIpc) is 2.62. The normalized spacial score (nSPS) is 10.5. The fourth-order valence-corrected chi connectivity index (χ4v) is 1.68. The van der Waals surface area contributed by atoms with E-state index in [0.29, 0.717) is 18.9 Å². The molecule has 2 aromatic rings. The lowest BCUT2D eigenvalue weighted by molar-refractivity contribution is 0.317. The quantitative estimate of drug-likeness (QED) is 0.583. The summed E-state index contributed by atoms with van der Waals surface area (Å²) in [5, 5.41) is 8.77. The minimum Gasteiger partial charge on any atom is -0.481 e. The summed E-state index contributed by atoms with van der Waals surface area (Å²) in [5.41, 5.74) is 2.22. The van der Waals surface area contributed by atoms with Crippen molar-refractivity contribution in [3.8, 4) is 0 Å². The molecule has 0 aliphatic carbocycles. The number of H-pyrrole nitrogens is 1. The van der Waals surface area contributed by atoms with Gasteiger partial charge < -0.3 is 9.72 Å². The van der Waals surface area contributed by atoms with Gasteiger partial charge in [0, 0.05) is 17.1 Å². The van der Waals surface area contributed by atoms with Gasteiger partial charge in [-0.25, -0.2) is 0 Å². The zero-order valence-electron chi connectivity index (χ0n) is 8.71. The number of aromatic nitrogens is 1. The van der Waals surface area contributed by atoms with Gasteiger partial charge in [0.2, 0.25) is 0 Å². The largest absolute Gasteiger partial charge is 0.481 e. The van der Waals surface area contributed by atoms with Gasteiger partial charge in [0.1, 0.15) is 0 Å². The molecule has 0 saturated heterocycles. The van der Waals surface area contributed by atoms with E-state index in [1.807, 2.05) is 31.3 Å². The molecule has 0 amide bonds. The number of rotatable bonds is 3. The van der Waals surface area contributed by atoms with Crippen LogP contribution in [0, 0.1) is 5.41 Å². The first-order valence-corrected chi connectivity index (χ1v) is 5.06. The van der Waals surface area contributed by atoms with Crippen LogP contribution in [0.4, 0.5) is 0 Å². The third-order valence-corrected chi connectivity index (χ3v) is 2.34. The average molecular weight is 202 g/mol. The van der Waals surface area contributed by atoms with Crippen molar-refractivity contribution in [2.45, 2.75) is 13.3 Å². The van der Waals surface area contributed by atoms with Crippen LogP contribution in [0.1, 0.15) is 12.5 Å². The number of ether oxygens (including phenoxy) is 1. The molecule has 2 rings (SSSR count). The molecule has 0 aliphatic heterocycles. The summed E-state index contributed by atoms with van der Waals surface area (Å²) < 4.78 is 5.13. The maximum absolute atomic E-state index is 7.60. The van der Waals surface area contributed by atoms with Crippen molar-refractivity contribution >= 4 is 16.8 Å². The van der Waals surface area contributed by atoms with E-state index >= 15 is 0 Å². The van der Waals surface area contributed by atoms with Gasteiger partial charge >= 0.3 is 0 Å². The van der Waals surface area contributed by atoms with E-state index in [9.17, 15) is 0 Å². The fraction of sp³-hybridized carbons (Fsp3) is 0.250. The molecule has 0 spiro atoms. The van der Waals surface area contributed by atoms with Crippen LogP contribution in [0.25, 0.3) is 10.9 Å². The van der Waals surface area contributed by atoms with Gasteiger partial charge in [-0.1, -0.05) is 18.2 Å². The summed E-state index contributed by atoms with van der Waals surface area (Å²) in [6.45, 7) is 2.45. The predicted molar refractivity (Wildman–Crippen MR) is 61.4 cm³/mol. The van der Waals surface area contributed by atoms with Gasteiger partial charge in [0.05, 0.1) is 13.0 Å². The van der Waals surface area contributed by atoms with Crippen molar-refractivity contribution in [2.75, 3.05) is 6.61 Å². The predicted octanol–water partition coefficient (Wildman–Crippen LogP) is 2.72. The van der Waals surface area contributed by atoms with E-state index in [-0.39, 0.29) is 0 Å². The number of hydrogen-bond acceptors (Lipinski definition) is 2. The Hall–Kier alpha value is -1.77. The first kappa shape index (κ1) is 9.77. The molecule has 1 heterocycles. The van der Waals surface area contributed by atoms with Crippen molar-refractivity contribution in [3.05, 3.63) is 36.0 Å². The standard InChI is InChI=1S/C12H14N2O/c1-2-15-12(13)7-9-8-14-11-6-4-3-5-10(9)11/h3-6,8,13-14H,2,7H2,1H3. The zero-order valence-corrected chi connectivity index (χ0v) is 8.71. The molecule has 0 aliphatic rings. The molecule has 2 N–H and O–H groups in total. The lowest BCUT2D eigenvalue weighted by atomic mass is 10.1. The highest BCUT2D eigenvalue weighted by Crippen LogP contribution is 2.18. The molecule has 0 unspecified atom stereocenters. The molecule has 0 radical (unpaired) electrons. The monoisotopic (exact) mass is 202 g/mol. The number of nitrogens with one attached hydrogen (secondary N) is 2. The van der Waals surface area contributed by atoms with E-state index in [2.05, 4.69) is 11.1 Å². The summed E-state index contributed by atoms with van der Waals surface area (Å²) in [5.74, 6) is 0.322. The van der Waals surface area contributed by atoms with Gasteiger partial charge in [-0.05, 0) is 18.6 Å². The second kappa shape index (κ2) is 4.17. The Bertz CT molecular complexity index is 473. The van der Waals surface area contributed by atoms with Crippen molar-refractivity contribution < 1.29 is 4.74 Å². The highest BCUT2D eigenvalue weighted by atomic mass is 16.5. The number of aromatic amines is 1. The van der Waals surface area contributed by atoms with Crippen molar-refractivity contribution in [3.63, 3.8) is 0 Å². The number of benzene rings is 1. The molecule has 1 aromatic carbocycles. The Morgan fingerprint density at radius 2 is 2.20 bits per heavy atom. The number of hydrogen-bond donors (Lipinski definition) is 2. The summed E-state index contributed by atoms with van der Waals surface area (Å²) in [6.07, 6.45) is 2.50. The highest BCUT2D eigenvalue weighted by Gasteiger charge is 2.05. The van der Waals surface area contributed by atoms with Crippen LogP contribution in [-0.4, -0.2) is 17.5 Å². The SMILES string of the molecule is CCOC(=N)Cc1c[nH]c2ccccc12. The molecule has 0 bridgehead atoms. The Balaban J connectivity index is 2.25. The first-order valence-electron chi connectivity index (χ1n) is 5.06. The van der Waals surface area contributed by atoms with Crippen LogP contribution in [0.2, 0.25) is 0 Å². The van der Waals surface area contributed by atoms with Gasteiger partial charge in [-0.15, -0.1) is 0 Å². The molecular weight excluding hydrogens is 188 g/mol. The second-order valence-electron chi connectivity index (χ2n) is 3.39. The molecule has 0 saturated carbocycles. The van der Waals surface area contributed by atoms with E-state index in [4.69, 9.17) is 10.1 Å². The smallest absolute Gasteiger partial charge is 0.184 e. The van der Waals surface area contributed by atoms with E-state index in [1.54, 1.807) is 0 Å². The Kier molecular flexibility index (Phi) is 2.72. The Morgan fingerprint density at radius 3 is 3.00 bits per heavy atom. The molecule has 3 heteroatoms. The van der Waals surface area contributed by atoms with Crippen LogP contribution in [0.15, 0.2) is 30.5 Å². The third kappa shape index (κ3) is 2.01. The molecule has 3 nitrogen and oxygen atoms in total. The van der Waals surface area contributed by atoms with Gasteiger partial charge in [0.15, 0.2) is 5.90 Å². The number of fused-ring (bicyclic) bond motifs is 1. The molecule has 1 aromatic heterocycles. The van der Waals surface area contributed by atoms with E-state index in [1.165, 1.54) is 5.39 Å². The van der Waals surface area contributed by atoms with Crippen LogP contribution in [0.5, 0.6) is 0 Å². The van der Waals surface area contributed by atoms with Crippen molar-refractivity contribution in [1.29, 1.82) is 5.41 Å². The minimum atomic E-state index is 0.322. The van der Waals surface area contributed by atoms with Crippen molar-refractivity contribution in [1.82, 2.24) is 4.98 Å². The minimum absolute atomic E-state index is 0.322. The summed E-state index contributed by atoms with van der Waals surface area (Å²) in [6, 6.07) is 8.09. The molecule has 78 valence electrons. The molecule has 15 heavy (non-hydrogen) atoms. The topological polar surface area (TPSA) is 48.9 Å². The number of para-hydroxylation sites is 1. The van der Waals surface area contributed by atoms with Gasteiger partial charge in [-0.3, -0.25) is 5.41 Å². The molecule has 0 fully saturated rings. The summed E-state index contributed by atoms with van der Waals surface area (Å²) in [4.78, 5) is 3.18. The summed E-state index contributed by atoms with van der Waals surface area (Å²) >= 11 is 0. The van der Waals surface area contributed by atoms with Gasteiger partial charge in [0.25, 0.3) is 0 Å². The molecule has 0 atom stereocenters. The van der Waals surface area contributed by atoms with Crippen LogP contribution in [0.3, 0.4) is 0 Å².